The van der Waals surface area contributed by atoms with Gasteiger partial charge in [-0.05, 0) is 34.5 Å². The molecule has 1 amide bonds. The molecule has 1 aromatic heterocycles. The van der Waals surface area contributed by atoms with E-state index in [2.05, 4.69) is 32.8 Å². The molecule has 1 saturated heterocycles. The highest BCUT2D eigenvalue weighted by Crippen LogP contribution is 2.19. The third kappa shape index (κ3) is 3.66. The molecule has 16 heavy (non-hydrogen) atoms. The SMILES string of the molecule is C=CC.O=C1N[C@H](c2cncc(Br)c2)CO1. The van der Waals surface area contributed by atoms with Gasteiger partial charge in [-0.1, -0.05) is 6.08 Å². The normalized spacial score (nSPS) is 17.9. The van der Waals surface area contributed by atoms with Crippen LogP contribution in [-0.4, -0.2) is 17.7 Å². The molecule has 0 aromatic carbocycles. The molecule has 1 aliphatic heterocycles. The largest absolute Gasteiger partial charge is 0.447 e. The molecule has 1 atom stereocenters. The fraction of sp³-hybridized carbons (Fsp3) is 0.273. The number of cyclic esters (lactones) is 1. The van der Waals surface area contributed by atoms with Crippen LogP contribution in [0.5, 0.6) is 0 Å². The molecule has 86 valence electrons. The van der Waals surface area contributed by atoms with Crippen LogP contribution >= 0.6 is 15.9 Å². The van der Waals surface area contributed by atoms with Crippen molar-refractivity contribution in [3.8, 4) is 0 Å². The Morgan fingerprint density at radius 1 is 1.69 bits per heavy atom. The van der Waals surface area contributed by atoms with Crippen LogP contribution in [0.3, 0.4) is 0 Å². The number of ether oxygens (including phenoxy) is 1. The van der Waals surface area contributed by atoms with Crippen LogP contribution in [0.1, 0.15) is 18.5 Å². The zero-order valence-electron chi connectivity index (χ0n) is 8.94. The number of hydrogen-bond acceptors (Lipinski definition) is 3. The van der Waals surface area contributed by atoms with Crippen molar-refractivity contribution in [2.24, 2.45) is 0 Å². The third-order valence-corrected chi connectivity index (χ3v) is 2.24. The Kier molecular flexibility index (Phi) is 4.98. The van der Waals surface area contributed by atoms with E-state index in [4.69, 9.17) is 4.74 Å². The van der Waals surface area contributed by atoms with E-state index in [0.717, 1.165) is 10.0 Å². The summed E-state index contributed by atoms with van der Waals surface area (Å²) in [6.07, 6.45) is 4.79. The molecule has 1 aliphatic rings. The molecule has 0 aliphatic carbocycles. The smallest absolute Gasteiger partial charge is 0.407 e. The van der Waals surface area contributed by atoms with E-state index in [-0.39, 0.29) is 12.1 Å². The second-order valence-corrected chi connectivity index (χ2v) is 4.06. The minimum absolute atomic E-state index is 0.0718. The summed E-state index contributed by atoms with van der Waals surface area (Å²) in [5.41, 5.74) is 0.945. The summed E-state index contributed by atoms with van der Waals surface area (Å²) >= 11 is 3.31. The molecule has 2 heterocycles. The number of carbonyl (C=O) groups excluding carboxylic acids is 1. The molecule has 0 bridgehead atoms. The van der Waals surface area contributed by atoms with Gasteiger partial charge in [-0.25, -0.2) is 4.79 Å². The maximum absolute atomic E-state index is 10.7. The van der Waals surface area contributed by atoms with Crippen molar-refractivity contribution < 1.29 is 9.53 Å². The Balaban J connectivity index is 0.000000386. The topological polar surface area (TPSA) is 51.2 Å². The molecule has 0 unspecified atom stereocenters. The van der Waals surface area contributed by atoms with Gasteiger partial charge in [0.15, 0.2) is 0 Å². The molecule has 4 nitrogen and oxygen atoms in total. The lowest BCUT2D eigenvalue weighted by molar-refractivity contribution is 0.177. The standard InChI is InChI=1S/C8H7BrN2O2.C3H6/c9-6-1-5(2-10-3-6)7-4-13-8(12)11-7;1-3-2/h1-3,7H,4H2,(H,11,12);3H,1H2,2H3/t7-;/m0./s1. The Morgan fingerprint density at radius 2 is 2.38 bits per heavy atom. The fourth-order valence-electron chi connectivity index (χ4n) is 1.18. The van der Waals surface area contributed by atoms with E-state index in [1.54, 1.807) is 18.5 Å². The number of amides is 1. The van der Waals surface area contributed by atoms with Gasteiger partial charge in [0, 0.05) is 16.9 Å². The first-order valence-electron chi connectivity index (χ1n) is 4.78. The Morgan fingerprint density at radius 3 is 2.88 bits per heavy atom. The van der Waals surface area contributed by atoms with Crippen LogP contribution in [0.4, 0.5) is 4.79 Å². The van der Waals surface area contributed by atoms with Gasteiger partial charge in [0.05, 0.1) is 6.04 Å². The molecule has 1 N–H and O–H groups in total. The monoisotopic (exact) mass is 284 g/mol. The van der Waals surface area contributed by atoms with E-state index in [1.165, 1.54) is 0 Å². The van der Waals surface area contributed by atoms with Gasteiger partial charge in [-0.3, -0.25) is 4.98 Å². The predicted molar refractivity (Wildman–Crippen MR) is 65.0 cm³/mol. The summed E-state index contributed by atoms with van der Waals surface area (Å²) in [7, 11) is 0. The summed E-state index contributed by atoms with van der Waals surface area (Å²) < 4.78 is 5.66. The second kappa shape index (κ2) is 6.27. The molecule has 0 radical (unpaired) electrons. The summed E-state index contributed by atoms with van der Waals surface area (Å²) in [4.78, 5) is 14.7. The summed E-state index contributed by atoms with van der Waals surface area (Å²) in [6, 6.07) is 1.84. The van der Waals surface area contributed by atoms with Crippen molar-refractivity contribution in [3.05, 3.63) is 41.2 Å². The van der Waals surface area contributed by atoms with Crippen LogP contribution in [0, 0.1) is 0 Å². The first kappa shape index (κ1) is 12.7. The molecular weight excluding hydrogens is 272 g/mol. The predicted octanol–water partition coefficient (Wildman–Crippen LogP) is 2.82. The van der Waals surface area contributed by atoms with Gasteiger partial charge in [-0.2, -0.15) is 0 Å². The number of hydrogen-bond donors (Lipinski definition) is 1. The van der Waals surface area contributed by atoms with Gasteiger partial charge >= 0.3 is 6.09 Å². The van der Waals surface area contributed by atoms with Crippen molar-refractivity contribution in [1.82, 2.24) is 10.3 Å². The highest BCUT2D eigenvalue weighted by molar-refractivity contribution is 9.10. The maximum Gasteiger partial charge on any atom is 0.407 e. The molecular formula is C11H13BrN2O2. The van der Waals surface area contributed by atoms with Crippen LogP contribution in [0.25, 0.3) is 0 Å². The third-order valence-electron chi connectivity index (χ3n) is 1.80. The van der Waals surface area contributed by atoms with Crippen LogP contribution in [0.2, 0.25) is 0 Å². The van der Waals surface area contributed by atoms with Crippen molar-refractivity contribution in [3.63, 3.8) is 0 Å². The number of pyridine rings is 1. The fourth-order valence-corrected chi connectivity index (χ4v) is 1.57. The second-order valence-electron chi connectivity index (χ2n) is 3.14. The number of allylic oxidation sites excluding steroid dienone is 1. The van der Waals surface area contributed by atoms with E-state index in [9.17, 15) is 4.79 Å². The van der Waals surface area contributed by atoms with Gasteiger partial charge in [-0.15, -0.1) is 6.58 Å². The molecule has 0 spiro atoms. The molecule has 2 rings (SSSR count). The molecule has 1 aromatic rings. The molecule has 0 saturated carbocycles. The maximum atomic E-state index is 10.7. The molecule has 5 heteroatoms. The van der Waals surface area contributed by atoms with Crippen LogP contribution in [-0.2, 0) is 4.74 Å². The Labute approximate surface area is 103 Å². The average molecular weight is 285 g/mol. The summed E-state index contributed by atoms with van der Waals surface area (Å²) in [6.45, 7) is 5.62. The lowest BCUT2D eigenvalue weighted by atomic mass is 10.1. The molecule has 1 fully saturated rings. The number of nitrogens with one attached hydrogen (secondary N) is 1. The number of rotatable bonds is 1. The van der Waals surface area contributed by atoms with E-state index < -0.39 is 0 Å². The average Bonchev–Trinajstić information content (AvgIpc) is 2.66. The van der Waals surface area contributed by atoms with Crippen LogP contribution < -0.4 is 5.32 Å². The van der Waals surface area contributed by atoms with E-state index >= 15 is 0 Å². The van der Waals surface area contributed by atoms with Crippen molar-refractivity contribution in [2.75, 3.05) is 6.61 Å². The number of aromatic nitrogens is 1. The number of carbonyl (C=O) groups is 1. The minimum atomic E-state index is -0.370. The number of halogens is 1. The van der Waals surface area contributed by atoms with Crippen molar-refractivity contribution in [1.29, 1.82) is 0 Å². The number of nitrogens with zero attached hydrogens (tertiary/aromatic N) is 1. The first-order chi connectivity index (χ1) is 7.67. The minimum Gasteiger partial charge on any atom is -0.447 e. The zero-order chi connectivity index (χ0) is 12.0. The lowest BCUT2D eigenvalue weighted by Gasteiger charge is -2.06. The summed E-state index contributed by atoms with van der Waals surface area (Å²) in [5.74, 6) is 0. The van der Waals surface area contributed by atoms with Gasteiger partial charge in [0.25, 0.3) is 0 Å². The van der Waals surface area contributed by atoms with E-state index in [0.29, 0.717) is 6.61 Å². The van der Waals surface area contributed by atoms with Gasteiger partial charge < -0.3 is 10.1 Å². The number of alkyl carbamates (subject to hydrolysis) is 1. The Hall–Kier alpha value is -1.36. The van der Waals surface area contributed by atoms with Crippen LogP contribution in [0.15, 0.2) is 35.6 Å². The van der Waals surface area contributed by atoms with Crippen molar-refractivity contribution in [2.45, 2.75) is 13.0 Å². The van der Waals surface area contributed by atoms with Gasteiger partial charge in [0.1, 0.15) is 6.61 Å². The first-order valence-corrected chi connectivity index (χ1v) is 5.57. The van der Waals surface area contributed by atoms with E-state index in [1.807, 2.05) is 13.0 Å². The highest BCUT2D eigenvalue weighted by Gasteiger charge is 2.23. The highest BCUT2D eigenvalue weighted by atomic mass is 79.9. The quantitative estimate of drug-likeness (QED) is 0.807. The van der Waals surface area contributed by atoms with Crippen molar-refractivity contribution >= 4 is 22.0 Å². The Bertz CT molecular complexity index is 382. The van der Waals surface area contributed by atoms with Gasteiger partial charge in [0.2, 0.25) is 0 Å². The summed E-state index contributed by atoms with van der Waals surface area (Å²) in [5, 5.41) is 2.68. The zero-order valence-corrected chi connectivity index (χ0v) is 10.5. The lowest BCUT2D eigenvalue weighted by Crippen LogP contribution is -2.18.